The second-order valence-electron chi connectivity index (χ2n) is 6.77. The van der Waals surface area contributed by atoms with Crippen molar-refractivity contribution in [3.8, 4) is 11.3 Å². The largest absolute Gasteiger partial charge is 0.294 e. The van der Waals surface area contributed by atoms with E-state index in [4.69, 9.17) is 11.6 Å². The van der Waals surface area contributed by atoms with E-state index in [1.165, 1.54) is 28.6 Å². The van der Waals surface area contributed by atoms with Crippen molar-refractivity contribution in [1.82, 2.24) is 14.2 Å². The first-order valence-electron chi connectivity index (χ1n) is 9.10. The minimum atomic E-state index is -3.51. The topological polar surface area (TPSA) is 53.5 Å². The van der Waals surface area contributed by atoms with Gasteiger partial charge in [-0.3, -0.25) is 4.90 Å². The minimum Gasteiger partial charge on any atom is -0.294 e. The molecule has 152 valence electrons. The van der Waals surface area contributed by atoms with Crippen LogP contribution in [0.2, 0.25) is 5.02 Å². The van der Waals surface area contributed by atoms with Crippen LogP contribution in [-0.2, 0) is 16.6 Å². The molecular formula is C20H19ClFN3O2S2. The predicted molar refractivity (Wildman–Crippen MR) is 113 cm³/mol. The van der Waals surface area contributed by atoms with Crippen molar-refractivity contribution in [3.05, 3.63) is 69.8 Å². The molecule has 1 aromatic heterocycles. The van der Waals surface area contributed by atoms with Gasteiger partial charge >= 0.3 is 0 Å². The normalized spacial score (nSPS) is 16.2. The van der Waals surface area contributed by atoms with E-state index in [-0.39, 0.29) is 10.7 Å². The van der Waals surface area contributed by atoms with Crippen LogP contribution < -0.4 is 0 Å². The van der Waals surface area contributed by atoms with Crippen LogP contribution in [-0.4, -0.2) is 48.8 Å². The van der Waals surface area contributed by atoms with Crippen LogP contribution in [0.25, 0.3) is 11.3 Å². The summed E-state index contributed by atoms with van der Waals surface area (Å²) < 4.78 is 40.1. The van der Waals surface area contributed by atoms with Crippen LogP contribution in [0.15, 0.2) is 58.8 Å². The molecule has 0 saturated carbocycles. The Balaban J connectivity index is 1.37. The monoisotopic (exact) mass is 451 g/mol. The highest BCUT2D eigenvalue weighted by Gasteiger charge is 2.28. The first kappa shape index (κ1) is 20.4. The molecule has 3 aromatic rings. The fraction of sp³-hybridized carbons (Fsp3) is 0.250. The third-order valence-electron chi connectivity index (χ3n) is 4.83. The smallest absolute Gasteiger partial charge is 0.243 e. The van der Waals surface area contributed by atoms with Gasteiger partial charge in [0.1, 0.15) is 10.8 Å². The standard InChI is InChI=1S/C20H19ClFN3O2S2/c21-16-3-7-18(8-4-16)29(26,27)25-11-9-24(10-12-25)13-20-23-19(14-28-20)15-1-5-17(22)6-2-15/h1-8,14H,9-13H2. The van der Waals surface area contributed by atoms with E-state index in [2.05, 4.69) is 9.88 Å². The highest BCUT2D eigenvalue weighted by Crippen LogP contribution is 2.24. The number of hydrogen-bond donors (Lipinski definition) is 0. The molecule has 29 heavy (non-hydrogen) atoms. The molecule has 2 heterocycles. The van der Waals surface area contributed by atoms with Crippen LogP contribution in [0.4, 0.5) is 4.39 Å². The first-order chi connectivity index (χ1) is 13.9. The molecule has 0 N–H and O–H groups in total. The van der Waals surface area contributed by atoms with Crippen molar-refractivity contribution in [2.24, 2.45) is 0 Å². The number of nitrogens with zero attached hydrogens (tertiary/aromatic N) is 3. The Morgan fingerprint density at radius 1 is 1.00 bits per heavy atom. The van der Waals surface area contributed by atoms with Gasteiger partial charge in [0, 0.05) is 42.1 Å². The van der Waals surface area contributed by atoms with E-state index in [1.54, 1.807) is 35.6 Å². The van der Waals surface area contributed by atoms with Gasteiger partial charge in [0.05, 0.1) is 17.1 Å². The summed E-state index contributed by atoms with van der Waals surface area (Å²) in [5.41, 5.74) is 1.71. The SMILES string of the molecule is O=S(=O)(c1ccc(Cl)cc1)N1CCN(Cc2nc(-c3ccc(F)cc3)cs2)CC1. The number of piperazine rings is 1. The quantitative estimate of drug-likeness (QED) is 0.585. The minimum absolute atomic E-state index is 0.263. The maximum absolute atomic E-state index is 13.1. The van der Waals surface area contributed by atoms with E-state index in [0.717, 1.165) is 16.3 Å². The molecule has 1 saturated heterocycles. The van der Waals surface area contributed by atoms with E-state index in [9.17, 15) is 12.8 Å². The lowest BCUT2D eigenvalue weighted by molar-refractivity contribution is 0.181. The van der Waals surface area contributed by atoms with Crippen molar-refractivity contribution in [2.75, 3.05) is 26.2 Å². The Morgan fingerprint density at radius 3 is 2.31 bits per heavy atom. The van der Waals surface area contributed by atoms with Gasteiger partial charge in [-0.05, 0) is 48.5 Å². The third kappa shape index (κ3) is 4.67. The average Bonchev–Trinajstić information content (AvgIpc) is 3.18. The van der Waals surface area contributed by atoms with E-state index in [0.29, 0.717) is 37.7 Å². The van der Waals surface area contributed by atoms with Gasteiger partial charge in [-0.1, -0.05) is 11.6 Å². The lowest BCUT2D eigenvalue weighted by Crippen LogP contribution is -2.48. The van der Waals surface area contributed by atoms with Gasteiger partial charge in [-0.15, -0.1) is 11.3 Å². The van der Waals surface area contributed by atoms with Crippen LogP contribution in [0, 0.1) is 5.82 Å². The molecule has 9 heteroatoms. The van der Waals surface area contributed by atoms with E-state index in [1.807, 2.05) is 5.38 Å². The molecule has 0 unspecified atom stereocenters. The molecule has 0 atom stereocenters. The van der Waals surface area contributed by atoms with Gasteiger partial charge < -0.3 is 0 Å². The van der Waals surface area contributed by atoms with Crippen LogP contribution >= 0.6 is 22.9 Å². The number of sulfonamides is 1. The fourth-order valence-electron chi connectivity index (χ4n) is 3.21. The second-order valence-corrected chi connectivity index (χ2v) is 10.1. The Labute approximate surface area is 178 Å². The molecule has 5 nitrogen and oxygen atoms in total. The van der Waals surface area contributed by atoms with Gasteiger partial charge in [0.2, 0.25) is 10.0 Å². The third-order valence-corrected chi connectivity index (χ3v) is 7.83. The average molecular weight is 452 g/mol. The lowest BCUT2D eigenvalue weighted by atomic mass is 10.2. The van der Waals surface area contributed by atoms with E-state index < -0.39 is 10.0 Å². The Bertz CT molecular complexity index is 1080. The zero-order chi connectivity index (χ0) is 20.4. The zero-order valence-corrected chi connectivity index (χ0v) is 17.9. The molecule has 0 aliphatic carbocycles. The number of benzene rings is 2. The maximum Gasteiger partial charge on any atom is 0.243 e. The number of hydrogen-bond acceptors (Lipinski definition) is 5. The summed E-state index contributed by atoms with van der Waals surface area (Å²) in [7, 11) is -3.51. The fourth-order valence-corrected chi connectivity index (χ4v) is 5.60. The first-order valence-corrected chi connectivity index (χ1v) is 11.8. The molecule has 1 aliphatic rings. The molecule has 2 aromatic carbocycles. The molecule has 0 amide bonds. The highest BCUT2D eigenvalue weighted by atomic mass is 35.5. The van der Waals surface area contributed by atoms with E-state index >= 15 is 0 Å². The van der Waals surface area contributed by atoms with Crippen LogP contribution in [0.1, 0.15) is 5.01 Å². The molecule has 0 spiro atoms. The molecular weight excluding hydrogens is 433 g/mol. The Hall–Kier alpha value is -1.84. The molecule has 0 bridgehead atoms. The van der Waals surface area contributed by atoms with Gasteiger partial charge in [0.15, 0.2) is 0 Å². The van der Waals surface area contributed by atoms with Crippen molar-refractivity contribution in [1.29, 1.82) is 0 Å². The van der Waals surface area contributed by atoms with Gasteiger partial charge in [-0.2, -0.15) is 4.31 Å². The number of halogens is 2. The number of thiazole rings is 1. The summed E-state index contributed by atoms with van der Waals surface area (Å²) in [5, 5.41) is 3.43. The summed E-state index contributed by atoms with van der Waals surface area (Å²) in [6.07, 6.45) is 0. The Kier molecular flexibility index (Phi) is 5.98. The summed E-state index contributed by atoms with van der Waals surface area (Å²) >= 11 is 7.41. The van der Waals surface area contributed by atoms with Crippen molar-refractivity contribution in [2.45, 2.75) is 11.4 Å². The second kappa shape index (κ2) is 8.49. The Morgan fingerprint density at radius 2 is 1.66 bits per heavy atom. The van der Waals surface area contributed by atoms with Crippen LogP contribution in [0.3, 0.4) is 0 Å². The predicted octanol–water partition coefficient (Wildman–Crippen LogP) is 4.11. The summed E-state index contributed by atoms with van der Waals surface area (Å²) in [4.78, 5) is 7.10. The maximum atomic E-state index is 13.1. The summed E-state index contributed by atoms with van der Waals surface area (Å²) in [6, 6.07) is 12.5. The van der Waals surface area contributed by atoms with Crippen molar-refractivity contribution in [3.63, 3.8) is 0 Å². The van der Waals surface area contributed by atoms with Gasteiger partial charge in [0.25, 0.3) is 0 Å². The summed E-state index contributed by atoms with van der Waals surface area (Å²) in [5.74, 6) is -0.268. The van der Waals surface area contributed by atoms with Crippen LogP contribution in [0.5, 0.6) is 0 Å². The van der Waals surface area contributed by atoms with Crippen molar-refractivity contribution < 1.29 is 12.8 Å². The lowest BCUT2D eigenvalue weighted by Gasteiger charge is -2.33. The highest BCUT2D eigenvalue weighted by molar-refractivity contribution is 7.89. The zero-order valence-electron chi connectivity index (χ0n) is 15.5. The molecule has 1 aliphatic heterocycles. The molecule has 4 rings (SSSR count). The number of aromatic nitrogens is 1. The summed E-state index contributed by atoms with van der Waals surface area (Å²) in [6.45, 7) is 2.81. The molecule has 1 fully saturated rings. The number of rotatable bonds is 5. The van der Waals surface area contributed by atoms with Crippen molar-refractivity contribution >= 4 is 33.0 Å². The van der Waals surface area contributed by atoms with Gasteiger partial charge in [-0.25, -0.2) is 17.8 Å². The molecule has 0 radical (unpaired) electrons.